The molecule has 0 saturated heterocycles. The largest absolute Gasteiger partial charge is 0.378 e. The SMILES string of the molecule is CCOC1CC(CC(=O)c2csc(C)c2)C1. The van der Waals surface area contributed by atoms with Gasteiger partial charge >= 0.3 is 0 Å². The van der Waals surface area contributed by atoms with Gasteiger partial charge in [0.15, 0.2) is 5.78 Å². The molecule has 0 aromatic carbocycles. The normalized spacial score (nSPS) is 24.1. The number of hydrogen-bond donors (Lipinski definition) is 0. The summed E-state index contributed by atoms with van der Waals surface area (Å²) in [7, 11) is 0. The highest BCUT2D eigenvalue weighted by molar-refractivity contribution is 7.10. The molecular formula is C13H18O2S. The van der Waals surface area contributed by atoms with E-state index in [4.69, 9.17) is 4.74 Å². The lowest BCUT2D eigenvalue weighted by Gasteiger charge is -2.34. The molecular weight excluding hydrogens is 220 g/mol. The minimum atomic E-state index is 0.296. The fraction of sp³-hybridized carbons (Fsp3) is 0.615. The highest BCUT2D eigenvalue weighted by Gasteiger charge is 2.31. The van der Waals surface area contributed by atoms with Crippen LogP contribution < -0.4 is 0 Å². The lowest BCUT2D eigenvalue weighted by Crippen LogP contribution is -2.32. The first-order chi connectivity index (χ1) is 7.69. The summed E-state index contributed by atoms with van der Waals surface area (Å²) in [6, 6.07) is 1.99. The molecule has 0 amide bonds. The standard InChI is InChI=1S/C13H18O2S/c1-3-15-12-5-10(6-12)7-13(14)11-4-9(2)16-8-11/h4,8,10,12H,3,5-7H2,1-2H3. The van der Waals surface area contributed by atoms with Crippen LogP contribution in [0.15, 0.2) is 11.4 Å². The highest BCUT2D eigenvalue weighted by Crippen LogP contribution is 2.33. The average molecular weight is 238 g/mol. The molecule has 2 nitrogen and oxygen atoms in total. The summed E-state index contributed by atoms with van der Waals surface area (Å²) in [6.45, 7) is 4.84. The van der Waals surface area contributed by atoms with Crippen molar-refractivity contribution < 1.29 is 9.53 Å². The number of hydrogen-bond acceptors (Lipinski definition) is 3. The fourth-order valence-corrected chi connectivity index (χ4v) is 2.89. The van der Waals surface area contributed by atoms with Crippen LogP contribution in [0.1, 0.15) is 41.4 Å². The van der Waals surface area contributed by atoms with Gasteiger partial charge in [0.2, 0.25) is 0 Å². The van der Waals surface area contributed by atoms with E-state index in [1.165, 1.54) is 4.88 Å². The molecule has 1 aliphatic rings. The van der Waals surface area contributed by atoms with Gasteiger partial charge in [-0.1, -0.05) is 0 Å². The van der Waals surface area contributed by atoms with Crippen molar-refractivity contribution in [3.05, 3.63) is 21.9 Å². The molecule has 3 heteroatoms. The van der Waals surface area contributed by atoms with Crippen molar-refractivity contribution in [3.8, 4) is 0 Å². The van der Waals surface area contributed by atoms with Crippen molar-refractivity contribution in [1.29, 1.82) is 0 Å². The summed E-state index contributed by atoms with van der Waals surface area (Å²) in [5, 5.41) is 1.97. The van der Waals surface area contributed by atoms with Crippen molar-refractivity contribution in [2.75, 3.05) is 6.61 Å². The van der Waals surface area contributed by atoms with Gasteiger partial charge in [-0.15, -0.1) is 11.3 Å². The number of thiophene rings is 1. The van der Waals surface area contributed by atoms with Crippen molar-refractivity contribution in [2.45, 2.75) is 39.2 Å². The highest BCUT2D eigenvalue weighted by atomic mass is 32.1. The zero-order valence-electron chi connectivity index (χ0n) is 9.86. The molecule has 1 aromatic rings. The van der Waals surface area contributed by atoms with Crippen LogP contribution in [0.25, 0.3) is 0 Å². The van der Waals surface area contributed by atoms with E-state index >= 15 is 0 Å². The molecule has 1 aromatic heterocycles. The molecule has 1 aliphatic carbocycles. The molecule has 88 valence electrons. The number of ketones is 1. The number of aryl methyl sites for hydroxylation is 1. The van der Waals surface area contributed by atoms with Gasteiger partial charge in [-0.3, -0.25) is 4.79 Å². The number of carbonyl (C=O) groups is 1. The molecule has 1 heterocycles. The molecule has 0 bridgehead atoms. The van der Waals surface area contributed by atoms with Gasteiger partial charge in [0.25, 0.3) is 0 Å². The molecule has 16 heavy (non-hydrogen) atoms. The van der Waals surface area contributed by atoms with Crippen molar-refractivity contribution in [2.24, 2.45) is 5.92 Å². The van der Waals surface area contributed by atoms with Crippen LogP contribution in [0.5, 0.6) is 0 Å². The monoisotopic (exact) mass is 238 g/mol. The maximum Gasteiger partial charge on any atom is 0.163 e. The number of Topliss-reactive ketones (excluding diaryl/α,β-unsaturated/α-hetero) is 1. The zero-order chi connectivity index (χ0) is 11.5. The summed E-state index contributed by atoms with van der Waals surface area (Å²) in [4.78, 5) is 13.1. The third-order valence-electron chi connectivity index (χ3n) is 3.12. The molecule has 0 atom stereocenters. The molecule has 0 radical (unpaired) electrons. The van der Waals surface area contributed by atoms with Crippen molar-refractivity contribution in [3.63, 3.8) is 0 Å². The first-order valence-electron chi connectivity index (χ1n) is 5.89. The topological polar surface area (TPSA) is 26.3 Å². The smallest absolute Gasteiger partial charge is 0.163 e. The number of carbonyl (C=O) groups excluding carboxylic acids is 1. The Labute approximate surface area is 101 Å². The van der Waals surface area contributed by atoms with Crippen LogP contribution >= 0.6 is 11.3 Å². The van der Waals surface area contributed by atoms with E-state index in [1.54, 1.807) is 11.3 Å². The van der Waals surface area contributed by atoms with E-state index in [9.17, 15) is 4.79 Å². The maximum atomic E-state index is 11.9. The van der Waals surface area contributed by atoms with E-state index in [1.807, 2.05) is 25.3 Å². The van der Waals surface area contributed by atoms with Gasteiger partial charge in [0.05, 0.1) is 6.10 Å². The van der Waals surface area contributed by atoms with Crippen LogP contribution in [-0.4, -0.2) is 18.5 Å². The third-order valence-corrected chi connectivity index (χ3v) is 3.98. The Morgan fingerprint density at radius 2 is 2.31 bits per heavy atom. The van der Waals surface area contributed by atoms with Crippen molar-refractivity contribution in [1.82, 2.24) is 0 Å². The molecule has 0 spiro atoms. The Hall–Kier alpha value is -0.670. The Bertz CT molecular complexity index is 364. The molecule has 0 N–H and O–H groups in total. The Morgan fingerprint density at radius 3 is 2.88 bits per heavy atom. The second-order valence-electron chi connectivity index (χ2n) is 4.49. The summed E-state index contributed by atoms with van der Waals surface area (Å²) < 4.78 is 5.49. The maximum absolute atomic E-state index is 11.9. The lowest BCUT2D eigenvalue weighted by molar-refractivity contribution is -0.0246. The lowest BCUT2D eigenvalue weighted by atomic mass is 9.78. The Kier molecular flexibility index (Phi) is 3.77. The van der Waals surface area contributed by atoms with Crippen LogP contribution in [0, 0.1) is 12.8 Å². The van der Waals surface area contributed by atoms with Gasteiger partial charge in [-0.2, -0.15) is 0 Å². The quantitative estimate of drug-likeness (QED) is 0.734. The first kappa shape index (κ1) is 11.8. The Balaban J connectivity index is 1.77. The summed E-state index contributed by atoms with van der Waals surface area (Å²) in [6.07, 6.45) is 3.22. The minimum absolute atomic E-state index is 0.296. The van der Waals surface area contributed by atoms with Gasteiger partial charge in [0.1, 0.15) is 0 Å². The predicted octanol–water partition coefficient (Wildman–Crippen LogP) is 3.44. The molecule has 0 aliphatic heterocycles. The van der Waals surface area contributed by atoms with E-state index in [0.29, 0.717) is 24.2 Å². The summed E-state index contributed by atoms with van der Waals surface area (Å²) in [5.74, 6) is 0.841. The second-order valence-corrected chi connectivity index (χ2v) is 5.60. The van der Waals surface area contributed by atoms with Crippen molar-refractivity contribution >= 4 is 17.1 Å². The fourth-order valence-electron chi connectivity index (χ4n) is 2.18. The van der Waals surface area contributed by atoms with Gasteiger partial charge in [-0.25, -0.2) is 0 Å². The minimum Gasteiger partial charge on any atom is -0.378 e. The van der Waals surface area contributed by atoms with Crippen LogP contribution in [0.2, 0.25) is 0 Å². The molecule has 2 rings (SSSR count). The first-order valence-corrected chi connectivity index (χ1v) is 6.77. The summed E-state index contributed by atoms with van der Waals surface area (Å²) >= 11 is 1.65. The van der Waals surface area contributed by atoms with E-state index in [2.05, 4.69) is 0 Å². The van der Waals surface area contributed by atoms with E-state index in [-0.39, 0.29) is 0 Å². The molecule has 0 unspecified atom stereocenters. The average Bonchev–Trinajstić information content (AvgIpc) is 2.61. The second kappa shape index (κ2) is 5.11. The van der Waals surface area contributed by atoms with Gasteiger partial charge in [-0.05, 0) is 38.7 Å². The number of rotatable bonds is 5. The summed E-state index contributed by atoms with van der Waals surface area (Å²) in [5.41, 5.74) is 0.891. The van der Waals surface area contributed by atoms with E-state index < -0.39 is 0 Å². The Morgan fingerprint density at radius 1 is 1.56 bits per heavy atom. The number of ether oxygens (including phenoxy) is 1. The van der Waals surface area contributed by atoms with Crippen LogP contribution in [0.3, 0.4) is 0 Å². The molecule has 1 saturated carbocycles. The van der Waals surface area contributed by atoms with Gasteiger partial charge < -0.3 is 4.74 Å². The van der Waals surface area contributed by atoms with E-state index in [0.717, 1.165) is 25.0 Å². The zero-order valence-corrected chi connectivity index (χ0v) is 10.7. The molecule has 1 fully saturated rings. The van der Waals surface area contributed by atoms with Gasteiger partial charge in [0, 0.05) is 28.8 Å². The predicted molar refractivity (Wildman–Crippen MR) is 66.1 cm³/mol. The third kappa shape index (κ3) is 2.71. The van der Waals surface area contributed by atoms with Crippen LogP contribution in [-0.2, 0) is 4.74 Å². The van der Waals surface area contributed by atoms with Crippen LogP contribution in [0.4, 0.5) is 0 Å².